The molecular formula is C8H17NO3. The van der Waals surface area contributed by atoms with Gasteiger partial charge < -0.3 is 15.1 Å². The van der Waals surface area contributed by atoms with Gasteiger partial charge >= 0.3 is 0 Å². The standard InChI is InChI=1S/C8H17NO3/c1-8(12,4-5-10)6-7(11)9(2)3/h10,12H,4-6H2,1-3H3/t8-/m1/s1. The average Bonchev–Trinajstić information content (AvgIpc) is 1.85. The lowest BCUT2D eigenvalue weighted by atomic mass is 9.98. The van der Waals surface area contributed by atoms with E-state index in [0.717, 1.165) is 0 Å². The molecule has 0 rings (SSSR count). The van der Waals surface area contributed by atoms with Crippen molar-refractivity contribution in [3.8, 4) is 0 Å². The summed E-state index contributed by atoms with van der Waals surface area (Å²) in [6.07, 6.45) is 0.285. The van der Waals surface area contributed by atoms with Gasteiger partial charge in [-0.05, 0) is 13.3 Å². The summed E-state index contributed by atoms with van der Waals surface area (Å²) in [4.78, 5) is 12.5. The maximum absolute atomic E-state index is 11.1. The fourth-order valence-corrected chi connectivity index (χ4v) is 0.813. The van der Waals surface area contributed by atoms with Crippen LogP contribution >= 0.6 is 0 Å². The van der Waals surface area contributed by atoms with Gasteiger partial charge in [-0.3, -0.25) is 4.79 Å². The molecule has 12 heavy (non-hydrogen) atoms. The Hall–Kier alpha value is -0.610. The summed E-state index contributed by atoms with van der Waals surface area (Å²) in [6.45, 7) is 1.44. The molecule has 0 saturated carbocycles. The Morgan fingerprint density at radius 2 is 2.00 bits per heavy atom. The zero-order chi connectivity index (χ0) is 9.78. The molecule has 0 aliphatic carbocycles. The first-order valence-electron chi connectivity index (χ1n) is 3.92. The van der Waals surface area contributed by atoms with Crippen molar-refractivity contribution >= 4 is 5.91 Å². The van der Waals surface area contributed by atoms with Crippen LogP contribution < -0.4 is 0 Å². The van der Waals surface area contributed by atoms with Gasteiger partial charge in [-0.1, -0.05) is 0 Å². The van der Waals surface area contributed by atoms with Crippen molar-refractivity contribution in [2.24, 2.45) is 0 Å². The molecule has 4 heteroatoms. The number of carbonyl (C=O) groups is 1. The third-order valence-electron chi connectivity index (χ3n) is 1.68. The highest BCUT2D eigenvalue weighted by molar-refractivity contribution is 5.76. The first kappa shape index (κ1) is 11.4. The fraction of sp³-hybridized carbons (Fsp3) is 0.875. The Bertz CT molecular complexity index is 154. The van der Waals surface area contributed by atoms with Crippen molar-refractivity contribution in [2.45, 2.75) is 25.4 Å². The molecular weight excluding hydrogens is 158 g/mol. The number of hydrogen-bond acceptors (Lipinski definition) is 3. The summed E-state index contributed by atoms with van der Waals surface area (Å²) in [5.41, 5.74) is -1.09. The van der Waals surface area contributed by atoms with Gasteiger partial charge in [-0.25, -0.2) is 0 Å². The zero-order valence-electron chi connectivity index (χ0n) is 7.87. The summed E-state index contributed by atoms with van der Waals surface area (Å²) in [6, 6.07) is 0. The number of nitrogens with zero attached hydrogens (tertiary/aromatic N) is 1. The van der Waals surface area contributed by atoms with Gasteiger partial charge in [0.2, 0.25) is 5.91 Å². The number of carbonyl (C=O) groups excluding carboxylic acids is 1. The largest absolute Gasteiger partial charge is 0.396 e. The van der Waals surface area contributed by atoms with E-state index in [1.54, 1.807) is 21.0 Å². The topological polar surface area (TPSA) is 60.8 Å². The molecule has 0 aliphatic heterocycles. The van der Waals surface area contributed by atoms with Crippen molar-refractivity contribution in [2.75, 3.05) is 20.7 Å². The molecule has 0 fully saturated rings. The van der Waals surface area contributed by atoms with E-state index in [-0.39, 0.29) is 25.4 Å². The summed E-state index contributed by atoms with van der Waals surface area (Å²) < 4.78 is 0. The summed E-state index contributed by atoms with van der Waals surface area (Å²) in [5, 5.41) is 18.1. The Kier molecular flexibility index (Phi) is 4.20. The van der Waals surface area contributed by atoms with E-state index >= 15 is 0 Å². The van der Waals surface area contributed by atoms with Crippen molar-refractivity contribution in [1.29, 1.82) is 0 Å². The molecule has 2 N–H and O–H groups in total. The van der Waals surface area contributed by atoms with Gasteiger partial charge in [0, 0.05) is 20.7 Å². The van der Waals surface area contributed by atoms with E-state index in [4.69, 9.17) is 5.11 Å². The lowest BCUT2D eigenvalue weighted by Crippen LogP contribution is -2.34. The minimum Gasteiger partial charge on any atom is -0.396 e. The van der Waals surface area contributed by atoms with Crippen molar-refractivity contribution in [1.82, 2.24) is 4.90 Å². The Morgan fingerprint density at radius 1 is 1.50 bits per heavy atom. The third-order valence-corrected chi connectivity index (χ3v) is 1.68. The van der Waals surface area contributed by atoms with Crippen molar-refractivity contribution in [3.05, 3.63) is 0 Å². The van der Waals surface area contributed by atoms with E-state index in [0.29, 0.717) is 0 Å². The normalized spacial score (nSPS) is 15.4. The molecule has 0 aromatic heterocycles. The SMILES string of the molecule is CN(C)C(=O)C[C@](C)(O)CCO. The maximum atomic E-state index is 11.1. The quantitative estimate of drug-likeness (QED) is 0.611. The fourth-order valence-electron chi connectivity index (χ4n) is 0.813. The Labute approximate surface area is 72.8 Å². The van der Waals surface area contributed by atoms with Crippen LogP contribution in [0.15, 0.2) is 0 Å². The van der Waals surface area contributed by atoms with Gasteiger partial charge in [0.15, 0.2) is 0 Å². The number of aliphatic hydroxyl groups is 2. The second kappa shape index (κ2) is 4.42. The molecule has 0 aliphatic rings. The minimum atomic E-state index is -1.09. The van der Waals surface area contributed by atoms with Gasteiger partial charge in [-0.15, -0.1) is 0 Å². The molecule has 0 spiro atoms. The molecule has 0 radical (unpaired) electrons. The Balaban J connectivity index is 3.96. The van der Waals surface area contributed by atoms with Crippen LogP contribution in [0.1, 0.15) is 19.8 Å². The first-order chi connectivity index (χ1) is 5.39. The molecule has 4 nitrogen and oxygen atoms in total. The predicted molar refractivity (Wildman–Crippen MR) is 45.6 cm³/mol. The molecule has 1 atom stereocenters. The summed E-state index contributed by atoms with van der Waals surface area (Å²) in [5.74, 6) is -0.131. The molecule has 0 heterocycles. The lowest BCUT2D eigenvalue weighted by molar-refractivity contribution is -0.133. The van der Waals surface area contributed by atoms with E-state index in [1.165, 1.54) is 4.90 Å². The molecule has 1 amide bonds. The van der Waals surface area contributed by atoms with Gasteiger partial charge in [-0.2, -0.15) is 0 Å². The van der Waals surface area contributed by atoms with Crippen LogP contribution in [0.5, 0.6) is 0 Å². The number of rotatable bonds is 4. The highest BCUT2D eigenvalue weighted by Crippen LogP contribution is 2.14. The van der Waals surface area contributed by atoms with Crippen LogP contribution in [0.4, 0.5) is 0 Å². The van der Waals surface area contributed by atoms with Gasteiger partial charge in [0.05, 0.1) is 12.0 Å². The minimum absolute atomic E-state index is 0.0561. The number of aliphatic hydroxyl groups excluding tert-OH is 1. The zero-order valence-corrected chi connectivity index (χ0v) is 7.87. The van der Waals surface area contributed by atoms with Crippen molar-refractivity contribution < 1.29 is 15.0 Å². The monoisotopic (exact) mass is 175 g/mol. The van der Waals surface area contributed by atoms with Crippen LogP contribution in [-0.2, 0) is 4.79 Å². The highest BCUT2D eigenvalue weighted by atomic mass is 16.3. The smallest absolute Gasteiger partial charge is 0.224 e. The second-order valence-corrected chi connectivity index (χ2v) is 3.44. The van der Waals surface area contributed by atoms with Crippen LogP contribution in [-0.4, -0.2) is 47.3 Å². The first-order valence-corrected chi connectivity index (χ1v) is 3.92. The molecule has 0 saturated heterocycles. The van der Waals surface area contributed by atoms with E-state index < -0.39 is 5.60 Å². The summed E-state index contributed by atoms with van der Waals surface area (Å²) >= 11 is 0. The van der Waals surface area contributed by atoms with Crippen LogP contribution in [0, 0.1) is 0 Å². The number of hydrogen-bond donors (Lipinski definition) is 2. The van der Waals surface area contributed by atoms with E-state index in [2.05, 4.69) is 0 Å². The highest BCUT2D eigenvalue weighted by Gasteiger charge is 2.24. The summed E-state index contributed by atoms with van der Waals surface area (Å²) in [7, 11) is 3.27. The van der Waals surface area contributed by atoms with E-state index in [1.807, 2.05) is 0 Å². The van der Waals surface area contributed by atoms with Gasteiger partial charge in [0.1, 0.15) is 0 Å². The molecule has 0 aromatic carbocycles. The average molecular weight is 175 g/mol. The van der Waals surface area contributed by atoms with Crippen LogP contribution in [0.3, 0.4) is 0 Å². The third kappa shape index (κ3) is 4.31. The lowest BCUT2D eigenvalue weighted by Gasteiger charge is -2.23. The predicted octanol–water partition coefficient (Wildman–Crippen LogP) is -0.402. The maximum Gasteiger partial charge on any atom is 0.224 e. The second-order valence-electron chi connectivity index (χ2n) is 3.44. The Morgan fingerprint density at radius 3 is 2.33 bits per heavy atom. The van der Waals surface area contributed by atoms with Crippen LogP contribution in [0.2, 0.25) is 0 Å². The molecule has 72 valence electrons. The van der Waals surface area contributed by atoms with Gasteiger partial charge in [0.25, 0.3) is 0 Å². The van der Waals surface area contributed by atoms with Crippen LogP contribution in [0.25, 0.3) is 0 Å². The van der Waals surface area contributed by atoms with Crippen molar-refractivity contribution in [3.63, 3.8) is 0 Å². The molecule has 0 unspecified atom stereocenters. The number of amides is 1. The molecule has 0 aromatic rings. The molecule has 0 bridgehead atoms. The van der Waals surface area contributed by atoms with E-state index in [9.17, 15) is 9.90 Å².